The normalized spacial score (nSPS) is 11.7. The van der Waals surface area contributed by atoms with Crippen molar-refractivity contribution in [3.8, 4) is 5.75 Å². The lowest BCUT2D eigenvalue weighted by Gasteiger charge is -2.23. The summed E-state index contributed by atoms with van der Waals surface area (Å²) in [6.45, 7) is 4.85. The molecule has 0 spiro atoms. The lowest BCUT2D eigenvalue weighted by molar-refractivity contribution is -0.127. The highest BCUT2D eigenvalue weighted by Crippen LogP contribution is 2.12. The number of para-hydroxylation sites is 1. The monoisotopic (exact) mass is 428 g/mol. The zero-order chi connectivity index (χ0) is 22.9. The van der Waals surface area contributed by atoms with Gasteiger partial charge in [0.2, 0.25) is 5.91 Å². The first-order valence-corrected chi connectivity index (χ1v) is 9.77. The zero-order valence-corrected chi connectivity index (χ0v) is 17.8. The number of benzene rings is 2. The number of alkyl carbamates (subject to hydrolysis) is 1. The maximum atomic E-state index is 12.7. The number of anilines is 1. The Bertz CT molecular complexity index is 879. The third-order valence-corrected chi connectivity index (χ3v) is 3.93. The van der Waals surface area contributed by atoms with Gasteiger partial charge in [0.05, 0.1) is 12.2 Å². The molecule has 0 aliphatic rings. The van der Waals surface area contributed by atoms with Crippen LogP contribution in [0.25, 0.3) is 0 Å². The van der Waals surface area contributed by atoms with Gasteiger partial charge in [-0.25, -0.2) is 4.79 Å². The van der Waals surface area contributed by atoms with Gasteiger partial charge < -0.3 is 20.5 Å². The van der Waals surface area contributed by atoms with Crippen molar-refractivity contribution in [1.82, 2.24) is 16.1 Å². The van der Waals surface area contributed by atoms with Crippen LogP contribution in [0.3, 0.4) is 0 Å². The van der Waals surface area contributed by atoms with Crippen molar-refractivity contribution in [2.24, 2.45) is 0 Å². The summed E-state index contributed by atoms with van der Waals surface area (Å²) in [5.74, 6) is -0.918. The van der Waals surface area contributed by atoms with Crippen LogP contribution in [0.4, 0.5) is 10.5 Å². The summed E-state index contributed by atoms with van der Waals surface area (Å²) in [5.41, 5.74) is 5.89. The second-order valence-electron chi connectivity index (χ2n) is 7.83. The van der Waals surface area contributed by atoms with E-state index < -0.39 is 29.6 Å². The maximum absolute atomic E-state index is 12.7. The van der Waals surface area contributed by atoms with Crippen molar-refractivity contribution in [1.29, 1.82) is 0 Å². The number of hydrogen-bond donors (Lipinski definition) is 5. The Hall–Kier alpha value is -3.75. The van der Waals surface area contributed by atoms with E-state index in [2.05, 4.69) is 21.5 Å². The number of carbonyl (C=O) groups is 3. The summed E-state index contributed by atoms with van der Waals surface area (Å²) in [7, 11) is 0. The van der Waals surface area contributed by atoms with Crippen LogP contribution in [-0.2, 0) is 20.7 Å². The minimum absolute atomic E-state index is 0.0902. The quantitative estimate of drug-likeness (QED) is 0.410. The SMILES string of the molecule is CC(C)(C)OC(=O)N[C@@H](Cc1ccc(O)cc1)C(=O)NCC(=O)NNc1ccccc1. The van der Waals surface area contributed by atoms with Gasteiger partial charge in [-0.2, -0.15) is 0 Å². The summed E-state index contributed by atoms with van der Waals surface area (Å²) in [6, 6.07) is 14.3. The molecule has 9 heteroatoms. The average molecular weight is 428 g/mol. The van der Waals surface area contributed by atoms with Crippen molar-refractivity contribution in [3.05, 3.63) is 60.2 Å². The van der Waals surface area contributed by atoms with Crippen LogP contribution in [0.15, 0.2) is 54.6 Å². The standard InChI is InChI=1S/C22H28N4O5/c1-22(2,3)31-21(30)24-18(13-15-9-11-17(27)12-10-15)20(29)23-14-19(28)26-25-16-7-5-4-6-8-16/h4-12,18,25,27H,13-14H2,1-3H3,(H,23,29)(H,24,30)(H,26,28)/t18-/m0/s1. The van der Waals surface area contributed by atoms with Gasteiger partial charge in [-0.1, -0.05) is 30.3 Å². The lowest BCUT2D eigenvalue weighted by atomic mass is 10.1. The van der Waals surface area contributed by atoms with Crippen LogP contribution in [-0.4, -0.2) is 41.2 Å². The molecule has 0 aliphatic heterocycles. The van der Waals surface area contributed by atoms with E-state index >= 15 is 0 Å². The van der Waals surface area contributed by atoms with Gasteiger partial charge in [-0.3, -0.25) is 20.4 Å². The number of hydrogen-bond acceptors (Lipinski definition) is 6. The summed E-state index contributed by atoms with van der Waals surface area (Å²) >= 11 is 0. The molecule has 9 nitrogen and oxygen atoms in total. The predicted octanol–water partition coefficient (Wildman–Crippen LogP) is 2.09. The smallest absolute Gasteiger partial charge is 0.408 e. The third-order valence-electron chi connectivity index (χ3n) is 3.93. The highest BCUT2D eigenvalue weighted by Gasteiger charge is 2.25. The maximum Gasteiger partial charge on any atom is 0.408 e. The van der Waals surface area contributed by atoms with E-state index in [4.69, 9.17) is 4.74 Å². The van der Waals surface area contributed by atoms with Crippen molar-refractivity contribution < 1.29 is 24.2 Å². The molecule has 0 aromatic heterocycles. The molecule has 31 heavy (non-hydrogen) atoms. The van der Waals surface area contributed by atoms with E-state index in [1.807, 2.05) is 18.2 Å². The van der Waals surface area contributed by atoms with Gasteiger partial charge in [-0.05, 0) is 50.6 Å². The molecule has 0 heterocycles. The highest BCUT2D eigenvalue weighted by molar-refractivity contribution is 5.90. The number of aromatic hydroxyl groups is 1. The first-order chi connectivity index (χ1) is 14.6. The Morgan fingerprint density at radius 1 is 1.00 bits per heavy atom. The largest absolute Gasteiger partial charge is 0.508 e. The lowest BCUT2D eigenvalue weighted by Crippen LogP contribution is -2.51. The number of rotatable bonds is 8. The number of carbonyl (C=O) groups excluding carboxylic acids is 3. The predicted molar refractivity (Wildman–Crippen MR) is 116 cm³/mol. The first kappa shape index (κ1) is 23.5. The number of hydrazine groups is 1. The van der Waals surface area contributed by atoms with Gasteiger partial charge >= 0.3 is 6.09 Å². The fourth-order valence-electron chi connectivity index (χ4n) is 2.52. The molecule has 2 aromatic rings. The van der Waals surface area contributed by atoms with Crippen molar-refractivity contribution in [2.75, 3.05) is 12.0 Å². The van der Waals surface area contributed by atoms with Crippen molar-refractivity contribution >= 4 is 23.6 Å². The molecule has 0 aliphatic carbocycles. The molecule has 5 N–H and O–H groups in total. The number of ether oxygens (including phenoxy) is 1. The molecule has 166 valence electrons. The number of phenolic OH excluding ortho intramolecular Hbond substituents is 1. The minimum atomic E-state index is -0.978. The summed E-state index contributed by atoms with van der Waals surface area (Å²) < 4.78 is 5.23. The number of amides is 3. The fraction of sp³-hybridized carbons (Fsp3) is 0.318. The van der Waals surface area contributed by atoms with E-state index in [-0.39, 0.29) is 18.7 Å². The molecule has 3 amide bonds. The average Bonchev–Trinajstić information content (AvgIpc) is 2.71. The van der Waals surface area contributed by atoms with Gasteiger partial charge in [0.25, 0.3) is 5.91 Å². The van der Waals surface area contributed by atoms with E-state index in [9.17, 15) is 19.5 Å². The summed E-state index contributed by atoms with van der Waals surface area (Å²) in [6.07, 6.45) is -0.600. The van der Waals surface area contributed by atoms with Crippen molar-refractivity contribution in [2.45, 2.75) is 38.8 Å². The third kappa shape index (κ3) is 9.07. The molecule has 2 aromatic carbocycles. The van der Waals surface area contributed by atoms with Crippen LogP contribution >= 0.6 is 0 Å². The highest BCUT2D eigenvalue weighted by atomic mass is 16.6. The molecule has 2 rings (SSSR count). The Morgan fingerprint density at radius 3 is 2.26 bits per heavy atom. The van der Waals surface area contributed by atoms with Crippen LogP contribution in [0, 0.1) is 0 Å². The Balaban J connectivity index is 1.94. The van der Waals surface area contributed by atoms with E-state index in [0.717, 1.165) is 0 Å². The van der Waals surface area contributed by atoms with Gasteiger partial charge in [0.1, 0.15) is 17.4 Å². The molecule has 0 bridgehead atoms. The van der Waals surface area contributed by atoms with Gasteiger partial charge in [0.15, 0.2) is 0 Å². The Morgan fingerprint density at radius 2 is 1.65 bits per heavy atom. The Kier molecular flexibility index (Phi) is 8.25. The van der Waals surface area contributed by atoms with Crippen LogP contribution in [0.2, 0.25) is 0 Å². The molecule has 0 saturated carbocycles. The summed E-state index contributed by atoms with van der Waals surface area (Å²) in [5, 5.41) is 14.5. The van der Waals surface area contributed by atoms with Gasteiger partial charge in [0, 0.05) is 6.42 Å². The van der Waals surface area contributed by atoms with Crippen LogP contribution in [0.1, 0.15) is 26.3 Å². The topological polar surface area (TPSA) is 129 Å². The van der Waals surface area contributed by atoms with E-state index in [1.54, 1.807) is 45.0 Å². The second kappa shape index (κ2) is 10.9. The second-order valence-corrected chi connectivity index (χ2v) is 7.83. The number of phenols is 1. The van der Waals surface area contributed by atoms with Crippen LogP contribution in [0.5, 0.6) is 5.75 Å². The molecule has 0 fully saturated rings. The van der Waals surface area contributed by atoms with E-state index in [1.165, 1.54) is 12.1 Å². The molecular weight excluding hydrogens is 400 g/mol. The van der Waals surface area contributed by atoms with Gasteiger partial charge in [-0.15, -0.1) is 0 Å². The summed E-state index contributed by atoms with van der Waals surface area (Å²) in [4.78, 5) is 36.9. The van der Waals surface area contributed by atoms with Crippen molar-refractivity contribution in [3.63, 3.8) is 0 Å². The molecule has 1 atom stereocenters. The Labute approximate surface area is 181 Å². The molecule has 0 saturated heterocycles. The number of nitrogens with one attached hydrogen (secondary N) is 4. The minimum Gasteiger partial charge on any atom is -0.508 e. The van der Waals surface area contributed by atoms with Crippen LogP contribution < -0.4 is 21.5 Å². The first-order valence-electron chi connectivity index (χ1n) is 9.77. The zero-order valence-electron chi connectivity index (χ0n) is 17.8. The molecular formula is C22H28N4O5. The molecule has 0 radical (unpaired) electrons. The molecule has 0 unspecified atom stereocenters. The van der Waals surface area contributed by atoms with E-state index in [0.29, 0.717) is 11.3 Å². The fourth-order valence-corrected chi connectivity index (χ4v) is 2.52.